The van der Waals surface area contributed by atoms with Crippen LogP contribution in [0, 0.1) is 0 Å². The summed E-state index contributed by atoms with van der Waals surface area (Å²) in [6, 6.07) is 12.4. The van der Waals surface area contributed by atoms with E-state index in [1.54, 1.807) is 62.4 Å². The van der Waals surface area contributed by atoms with Crippen molar-refractivity contribution in [2.75, 3.05) is 26.1 Å². The van der Waals surface area contributed by atoms with Crippen LogP contribution in [0.3, 0.4) is 0 Å². The van der Waals surface area contributed by atoms with Gasteiger partial charge in [0.05, 0.1) is 56.6 Å². The van der Waals surface area contributed by atoms with E-state index in [9.17, 15) is 9.59 Å². The molecular formula is C34H38ClFN4O5. The van der Waals surface area contributed by atoms with E-state index in [0.717, 1.165) is 11.1 Å². The van der Waals surface area contributed by atoms with Gasteiger partial charge in [0, 0.05) is 17.3 Å². The Bertz CT molecular complexity index is 1600. The van der Waals surface area contributed by atoms with Crippen molar-refractivity contribution in [1.82, 2.24) is 14.9 Å². The number of esters is 1. The fraction of sp³-hybridized carbons (Fsp3) is 0.294. The molecule has 9 nitrogen and oxygen atoms in total. The predicted octanol–water partition coefficient (Wildman–Crippen LogP) is 7.53. The number of anilines is 2. The first-order chi connectivity index (χ1) is 21.7. The summed E-state index contributed by atoms with van der Waals surface area (Å²) < 4.78 is 30.9. The SMILES string of the molecule is C=C/C(Cl)=C(\C(F)=C/C)c1nc2c(c(Nc3ccc(CC(=O)OCC)cc3)n1)C(=O)N(Cc1ccc(OC)cc1OC)C2.CC. The number of carbonyl (C=O) groups is 2. The molecule has 2 aromatic carbocycles. The number of fused-ring (bicyclic) bond motifs is 1. The van der Waals surface area contributed by atoms with E-state index < -0.39 is 5.83 Å². The summed E-state index contributed by atoms with van der Waals surface area (Å²) in [6.45, 7) is 11.6. The topological polar surface area (TPSA) is 103 Å². The maximum absolute atomic E-state index is 15.1. The Morgan fingerprint density at radius 3 is 2.44 bits per heavy atom. The molecule has 238 valence electrons. The molecule has 1 aromatic heterocycles. The lowest BCUT2D eigenvalue weighted by Crippen LogP contribution is -2.24. The Labute approximate surface area is 268 Å². The van der Waals surface area contributed by atoms with Crippen molar-refractivity contribution < 1.29 is 28.2 Å². The number of carbonyl (C=O) groups excluding carboxylic acids is 2. The highest BCUT2D eigenvalue weighted by atomic mass is 35.5. The second-order valence-electron chi connectivity index (χ2n) is 9.42. The third-order valence-corrected chi connectivity index (χ3v) is 7.03. The van der Waals surface area contributed by atoms with Crippen LogP contribution in [0.1, 0.15) is 60.7 Å². The first-order valence-corrected chi connectivity index (χ1v) is 14.9. The van der Waals surface area contributed by atoms with E-state index >= 15 is 4.39 Å². The molecule has 4 rings (SSSR count). The van der Waals surface area contributed by atoms with Gasteiger partial charge < -0.3 is 24.4 Å². The van der Waals surface area contributed by atoms with Gasteiger partial charge in [0.1, 0.15) is 28.7 Å². The third-order valence-electron chi connectivity index (χ3n) is 6.69. The minimum absolute atomic E-state index is 0.00245. The van der Waals surface area contributed by atoms with Crippen LogP contribution >= 0.6 is 11.6 Å². The van der Waals surface area contributed by atoms with Crippen LogP contribution in [0.2, 0.25) is 0 Å². The Morgan fingerprint density at radius 2 is 1.84 bits per heavy atom. The quantitative estimate of drug-likeness (QED) is 0.161. The fourth-order valence-electron chi connectivity index (χ4n) is 4.57. The molecule has 1 aliphatic heterocycles. The lowest BCUT2D eigenvalue weighted by molar-refractivity contribution is -0.142. The van der Waals surface area contributed by atoms with Gasteiger partial charge in [-0.2, -0.15) is 0 Å². The van der Waals surface area contributed by atoms with Gasteiger partial charge in [-0.05, 0) is 49.8 Å². The first kappa shape index (κ1) is 34.8. The van der Waals surface area contributed by atoms with Crippen LogP contribution < -0.4 is 14.8 Å². The zero-order valence-electron chi connectivity index (χ0n) is 26.4. The molecule has 0 atom stereocenters. The zero-order valence-corrected chi connectivity index (χ0v) is 27.1. The van der Waals surface area contributed by atoms with E-state index in [-0.39, 0.29) is 59.2 Å². The molecule has 0 unspecified atom stereocenters. The molecule has 0 fully saturated rings. The number of methoxy groups -OCH3 is 2. The van der Waals surface area contributed by atoms with E-state index in [2.05, 4.69) is 21.9 Å². The van der Waals surface area contributed by atoms with Crippen molar-refractivity contribution in [3.63, 3.8) is 0 Å². The van der Waals surface area contributed by atoms with Crippen molar-refractivity contribution in [3.05, 3.63) is 100 Å². The van der Waals surface area contributed by atoms with Crippen LogP contribution in [0.15, 0.2) is 72.1 Å². The third kappa shape index (κ3) is 8.27. The molecule has 0 saturated heterocycles. The summed E-state index contributed by atoms with van der Waals surface area (Å²) >= 11 is 6.35. The largest absolute Gasteiger partial charge is 0.497 e. The smallest absolute Gasteiger partial charge is 0.310 e. The van der Waals surface area contributed by atoms with Gasteiger partial charge in [-0.3, -0.25) is 9.59 Å². The highest BCUT2D eigenvalue weighted by Crippen LogP contribution is 2.36. The maximum Gasteiger partial charge on any atom is 0.310 e. The van der Waals surface area contributed by atoms with Crippen molar-refractivity contribution in [2.45, 2.75) is 47.2 Å². The van der Waals surface area contributed by atoms with Crippen molar-refractivity contribution in [2.24, 2.45) is 0 Å². The molecule has 1 aliphatic rings. The lowest BCUT2D eigenvalue weighted by Gasteiger charge is -2.18. The molecule has 1 amide bonds. The second-order valence-corrected chi connectivity index (χ2v) is 9.83. The molecule has 2 heterocycles. The number of hydrogen-bond donors (Lipinski definition) is 1. The number of allylic oxidation sites excluding steroid dienone is 5. The highest BCUT2D eigenvalue weighted by Gasteiger charge is 2.34. The lowest BCUT2D eigenvalue weighted by atomic mass is 10.1. The van der Waals surface area contributed by atoms with Crippen LogP contribution in [-0.2, 0) is 29.0 Å². The predicted molar refractivity (Wildman–Crippen MR) is 174 cm³/mol. The van der Waals surface area contributed by atoms with Gasteiger partial charge >= 0.3 is 5.97 Å². The minimum atomic E-state index is -0.636. The Balaban J connectivity index is 0.00000271. The average molecular weight is 637 g/mol. The summed E-state index contributed by atoms with van der Waals surface area (Å²) in [5.74, 6) is 0.0891. The Morgan fingerprint density at radius 1 is 1.13 bits per heavy atom. The van der Waals surface area contributed by atoms with Gasteiger partial charge in [0.15, 0.2) is 5.82 Å². The van der Waals surface area contributed by atoms with E-state index in [0.29, 0.717) is 29.5 Å². The van der Waals surface area contributed by atoms with Crippen molar-refractivity contribution in [3.8, 4) is 11.5 Å². The number of rotatable bonds is 12. The number of nitrogens with zero attached hydrogens (tertiary/aromatic N) is 3. The molecule has 11 heteroatoms. The zero-order chi connectivity index (χ0) is 33.1. The highest BCUT2D eigenvalue weighted by molar-refractivity contribution is 6.34. The number of ether oxygens (including phenoxy) is 3. The van der Waals surface area contributed by atoms with Crippen molar-refractivity contribution in [1.29, 1.82) is 0 Å². The van der Waals surface area contributed by atoms with Gasteiger partial charge in [-0.25, -0.2) is 14.4 Å². The Kier molecular flexibility index (Phi) is 12.7. The number of amides is 1. The monoisotopic (exact) mass is 636 g/mol. The number of nitrogens with one attached hydrogen (secondary N) is 1. The fourth-order valence-corrected chi connectivity index (χ4v) is 4.75. The van der Waals surface area contributed by atoms with Crippen LogP contribution in [0.4, 0.5) is 15.9 Å². The summed E-state index contributed by atoms with van der Waals surface area (Å²) in [7, 11) is 3.11. The summed E-state index contributed by atoms with van der Waals surface area (Å²) in [6.07, 6.45) is 2.68. The van der Waals surface area contributed by atoms with Crippen molar-refractivity contribution >= 4 is 40.6 Å². The number of halogens is 2. The summed E-state index contributed by atoms with van der Waals surface area (Å²) in [5, 5.41) is 3.20. The van der Waals surface area contributed by atoms with Crippen LogP contribution in [-0.4, -0.2) is 47.6 Å². The number of hydrogen-bond acceptors (Lipinski definition) is 8. The molecular weight excluding hydrogens is 599 g/mol. The summed E-state index contributed by atoms with van der Waals surface area (Å²) in [4.78, 5) is 36.4. The van der Waals surface area contributed by atoms with Crippen LogP contribution in [0.25, 0.3) is 5.57 Å². The molecule has 0 bridgehead atoms. The normalized spacial score (nSPS) is 12.8. The van der Waals surface area contributed by atoms with Gasteiger partial charge in [0.2, 0.25) is 0 Å². The molecule has 3 aromatic rings. The molecule has 0 aliphatic carbocycles. The molecule has 0 spiro atoms. The standard InChI is InChI=1S/C32H32ClFN4O5.C2H6/c1-6-23(33)28(24(34)7-2)30-36-25-18-38(17-20-11-14-22(41-4)16-26(20)42-5)32(40)29(25)31(37-30)35-21-12-9-19(10-13-21)15-27(39)43-8-3;1-2/h6-7,9-14,16H,1,8,15,17-18H2,2-5H3,(H,35,36,37);1-2H3/b24-7+,28-23-;. The average Bonchev–Trinajstić information content (AvgIpc) is 3.37. The van der Waals surface area contributed by atoms with E-state index in [4.69, 9.17) is 25.8 Å². The minimum Gasteiger partial charge on any atom is -0.497 e. The number of aromatic nitrogens is 2. The molecule has 0 radical (unpaired) electrons. The molecule has 1 N–H and O–H groups in total. The van der Waals surface area contributed by atoms with Gasteiger partial charge in [-0.15, -0.1) is 0 Å². The number of benzene rings is 2. The van der Waals surface area contributed by atoms with Crippen LogP contribution in [0.5, 0.6) is 11.5 Å². The second kappa shape index (κ2) is 16.4. The molecule has 0 saturated carbocycles. The van der Waals surface area contributed by atoms with E-state index in [1.165, 1.54) is 19.1 Å². The summed E-state index contributed by atoms with van der Waals surface area (Å²) in [5.41, 5.74) is 2.72. The van der Waals surface area contributed by atoms with E-state index in [1.807, 2.05) is 19.9 Å². The van der Waals surface area contributed by atoms with Gasteiger partial charge in [-0.1, -0.05) is 50.2 Å². The van der Waals surface area contributed by atoms with Gasteiger partial charge in [0.25, 0.3) is 5.91 Å². The molecule has 45 heavy (non-hydrogen) atoms. The maximum atomic E-state index is 15.1. The Hall–Kier alpha value is -4.70. The first-order valence-electron chi connectivity index (χ1n) is 14.5.